The summed E-state index contributed by atoms with van der Waals surface area (Å²) in [5.74, 6) is 0.911. The molecule has 0 saturated carbocycles. The van der Waals surface area contributed by atoms with Gasteiger partial charge in [0, 0.05) is 0 Å². The minimum Gasteiger partial charge on any atom is -0.493 e. The fourth-order valence-electron chi connectivity index (χ4n) is 3.12. The Bertz CT molecular complexity index is 1270. The Labute approximate surface area is 222 Å². The molecule has 3 aromatic rings. The van der Waals surface area contributed by atoms with Gasteiger partial charge in [0.05, 0.1) is 44.7 Å². The van der Waals surface area contributed by atoms with Gasteiger partial charge in [0.15, 0.2) is 29.6 Å². The number of amides is 1. The van der Waals surface area contributed by atoms with Crippen LogP contribution in [0.1, 0.15) is 15.9 Å². The highest BCUT2D eigenvalue weighted by atomic mass is 79.9. The molecule has 0 heterocycles. The summed E-state index contributed by atoms with van der Waals surface area (Å²) < 4.78 is 32.9. The summed E-state index contributed by atoms with van der Waals surface area (Å²) in [6.07, 6.45) is 1.42. The number of carbonyl (C=O) groups is 2. The van der Waals surface area contributed by atoms with Gasteiger partial charge in [-0.25, -0.2) is 10.2 Å². The van der Waals surface area contributed by atoms with Crippen LogP contribution in [0.5, 0.6) is 34.5 Å². The molecule has 0 radical (unpaired) electrons. The Kier molecular flexibility index (Phi) is 9.73. The average Bonchev–Trinajstić information content (AvgIpc) is 2.92. The summed E-state index contributed by atoms with van der Waals surface area (Å²) in [6.45, 7) is -0.209. The molecular weight excluding hydrogens is 548 g/mol. The fraction of sp³-hybridized carbons (Fsp3) is 0.192. The third kappa shape index (κ3) is 7.14. The van der Waals surface area contributed by atoms with Crippen LogP contribution in [0.3, 0.4) is 0 Å². The molecular formula is C26H25BrN2O8. The van der Waals surface area contributed by atoms with Crippen LogP contribution in [0.15, 0.2) is 64.2 Å². The Hall–Kier alpha value is -4.25. The molecule has 0 unspecified atom stereocenters. The largest absolute Gasteiger partial charge is 0.493 e. The predicted molar refractivity (Wildman–Crippen MR) is 139 cm³/mol. The van der Waals surface area contributed by atoms with E-state index >= 15 is 0 Å². The second kappa shape index (κ2) is 13.2. The Morgan fingerprint density at radius 1 is 0.838 bits per heavy atom. The highest BCUT2D eigenvalue weighted by Crippen LogP contribution is 2.38. The maximum atomic E-state index is 12.8. The lowest BCUT2D eigenvalue weighted by Crippen LogP contribution is -2.24. The first-order valence-corrected chi connectivity index (χ1v) is 11.6. The zero-order valence-electron chi connectivity index (χ0n) is 20.6. The van der Waals surface area contributed by atoms with Crippen molar-refractivity contribution in [1.82, 2.24) is 5.43 Å². The number of ether oxygens (including phenoxy) is 6. The maximum absolute atomic E-state index is 12.8. The van der Waals surface area contributed by atoms with Gasteiger partial charge in [-0.2, -0.15) is 5.10 Å². The number of rotatable bonds is 11. The predicted octanol–water partition coefficient (Wildman–Crippen LogP) is 4.23. The van der Waals surface area contributed by atoms with Gasteiger partial charge in [-0.15, -0.1) is 0 Å². The van der Waals surface area contributed by atoms with Gasteiger partial charge in [-0.05, 0) is 64.0 Å². The lowest BCUT2D eigenvalue weighted by atomic mass is 10.1. The number of hydrogen-bond acceptors (Lipinski definition) is 9. The maximum Gasteiger partial charge on any atom is 0.343 e. The van der Waals surface area contributed by atoms with Crippen LogP contribution in [-0.4, -0.2) is 53.1 Å². The van der Waals surface area contributed by atoms with Gasteiger partial charge in [0.2, 0.25) is 5.75 Å². The average molecular weight is 573 g/mol. The van der Waals surface area contributed by atoms with Crippen LogP contribution >= 0.6 is 15.9 Å². The molecule has 3 aromatic carbocycles. The lowest BCUT2D eigenvalue weighted by Gasteiger charge is -2.14. The molecule has 3 rings (SSSR count). The number of nitrogens with zero attached hydrogens (tertiary/aromatic N) is 1. The smallest absolute Gasteiger partial charge is 0.343 e. The van der Waals surface area contributed by atoms with Gasteiger partial charge in [0.1, 0.15) is 5.75 Å². The first kappa shape index (κ1) is 27.3. The van der Waals surface area contributed by atoms with Crippen molar-refractivity contribution in [3.8, 4) is 34.5 Å². The molecule has 0 aliphatic heterocycles. The van der Waals surface area contributed by atoms with E-state index in [4.69, 9.17) is 28.4 Å². The van der Waals surface area contributed by atoms with E-state index in [0.29, 0.717) is 28.6 Å². The monoisotopic (exact) mass is 572 g/mol. The normalized spacial score (nSPS) is 10.5. The van der Waals surface area contributed by atoms with Crippen molar-refractivity contribution in [3.63, 3.8) is 0 Å². The van der Waals surface area contributed by atoms with E-state index in [9.17, 15) is 9.59 Å². The minimum atomic E-state index is -0.656. The third-order valence-corrected chi connectivity index (χ3v) is 5.54. The van der Waals surface area contributed by atoms with Crippen molar-refractivity contribution in [2.45, 2.75) is 0 Å². The topological polar surface area (TPSA) is 114 Å². The van der Waals surface area contributed by atoms with E-state index in [1.165, 1.54) is 46.8 Å². The lowest BCUT2D eigenvalue weighted by molar-refractivity contribution is -0.123. The SMILES string of the molecule is COc1cc(C=NNC(=O)COc2ccccc2Br)ccc1OC(=O)c1cc(OC)c(OC)c(OC)c1. The summed E-state index contributed by atoms with van der Waals surface area (Å²) in [4.78, 5) is 24.8. The fourth-order valence-corrected chi connectivity index (χ4v) is 3.52. The van der Waals surface area contributed by atoms with Crippen molar-refractivity contribution in [3.05, 3.63) is 70.2 Å². The number of nitrogens with one attached hydrogen (secondary N) is 1. The Morgan fingerprint density at radius 2 is 1.51 bits per heavy atom. The van der Waals surface area contributed by atoms with Gasteiger partial charge in [-0.1, -0.05) is 12.1 Å². The molecule has 0 aromatic heterocycles. The molecule has 1 amide bonds. The summed E-state index contributed by atoms with van der Waals surface area (Å²) in [7, 11) is 5.81. The van der Waals surface area contributed by atoms with Crippen molar-refractivity contribution in [2.24, 2.45) is 5.10 Å². The van der Waals surface area contributed by atoms with E-state index in [2.05, 4.69) is 26.5 Å². The zero-order valence-corrected chi connectivity index (χ0v) is 22.2. The van der Waals surface area contributed by atoms with Crippen LogP contribution in [0, 0.1) is 0 Å². The molecule has 0 bridgehead atoms. The number of esters is 1. The second-order valence-electron chi connectivity index (χ2n) is 7.23. The van der Waals surface area contributed by atoms with Crippen LogP contribution in [0.4, 0.5) is 0 Å². The van der Waals surface area contributed by atoms with E-state index in [-0.39, 0.29) is 23.7 Å². The van der Waals surface area contributed by atoms with E-state index in [0.717, 1.165) is 4.47 Å². The molecule has 0 aliphatic carbocycles. The Balaban J connectivity index is 1.65. The summed E-state index contributed by atoms with van der Waals surface area (Å²) in [6, 6.07) is 15.0. The number of methoxy groups -OCH3 is 4. The Morgan fingerprint density at radius 3 is 2.14 bits per heavy atom. The minimum absolute atomic E-state index is 0.185. The molecule has 0 spiro atoms. The van der Waals surface area contributed by atoms with Crippen LogP contribution < -0.4 is 33.8 Å². The van der Waals surface area contributed by atoms with Gasteiger partial charge in [0.25, 0.3) is 5.91 Å². The number of hydrazone groups is 1. The van der Waals surface area contributed by atoms with Crippen molar-refractivity contribution in [1.29, 1.82) is 0 Å². The zero-order chi connectivity index (χ0) is 26.8. The van der Waals surface area contributed by atoms with E-state index in [1.807, 2.05) is 12.1 Å². The van der Waals surface area contributed by atoms with Gasteiger partial charge in [-0.3, -0.25) is 4.79 Å². The van der Waals surface area contributed by atoms with Crippen molar-refractivity contribution in [2.75, 3.05) is 35.0 Å². The highest BCUT2D eigenvalue weighted by molar-refractivity contribution is 9.10. The van der Waals surface area contributed by atoms with Gasteiger partial charge < -0.3 is 28.4 Å². The molecule has 37 heavy (non-hydrogen) atoms. The van der Waals surface area contributed by atoms with Crippen LogP contribution in [-0.2, 0) is 4.79 Å². The van der Waals surface area contributed by atoms with E-state index in [1.54, 1.807) is 30.3 Å². The summed E-state index contributed by atoms with van der Waals surface area (Å²) in [5.41, 5.74) is 3.17. The first-order valence-electron chi connectivity index (χ1n) is 10.8. The van der Waals surface area contributed by atoms with Crippen LogP contribution in [0.25, 0.3) is 0 Å². The molecule has 0 fully saturated rings. The second-order valence-corrected chi connectivity index (χ2v) is 8.08. The van der Waals surface area contributed by atoms with Crippen LogP contribution in [0.2, 0.25) is 0 Å². The van der Waals surface area contributed by atoms with Gasteiger partial charge >= 0.3 is 5.97 Å². The molecule has 0 aliphatic rings. The number of carbonyl (C=O) groups excluding carboxylic acids is 2. The summed E-state index contributed by atoms with van der Waals surface area (Å²) >= 11 is 3.35. The molecule has 11 heteroatoms. The molecule has 194 valence electrons. The van der Waals surface area contributed by atoms with Crippen molar-refractivity contribution < 1.29 is 38.0 Å². The number of benzene rings is 3. The standard InChI is InChI=1S/C26H25BrN2O8/c1-32-21-11-16(14-28-29-24(30)15-36-19-8-6-5-7-18(19)27)9-10-20(21)37-26(31)17-12-22(33-2)25(35-4)23(13-17)34-3/h5-14H,15H2,1-4H3,(H,29,30). The third-order valence-electron chi connectivity index (χ3n) is 4.89. The molecule has 0 saturated heterocycles. The number of halogens is 1. The summed E-state index contributed by atoms with van der Waals surface area (Å²) in [5, 5.41) is 3.93. The van der Waals surface area contributed by atoms with E-state index < -0.39 is 11.9 Å². The van der Waals surface area contributed by atoms with Crippen molar-refractivity contribution >= 4 is 34.0 Å². The quantitative estimate of drug-likeness (QED) is 0.157. The highest BCUT2D eigenvalue weighted by Gasteiger charge is 2.19. The molecule has 10 nitrogen and oxygen atoms in total. The number of hydrogen-bond donors (Lipinski definition) is 1. The molecule has 1 N–H and O–H groups in total. The number of para-hydroxylation sites is 1. The molecule has 0 atom stereocenters. The first-order chi connectivity index (χ1) is 17.9.